The van der Waals surface area contributed by atoms with Gasteiger partial charge in [0.1, 0.15) is 11.6 Å². The third-order valence-electron chi connectivity index (χ3n) is 4.71. The van der Waals surface area contributed by atoms with E-state index in [2.05, 4.69) is 10.2 Å². The number of hydrogen-bond acceptors (Lipinski definition) is 4. The molecule has 2 aromatic rings. The quantitative estimate of drug-likeness (QED) is 0.863. The number of amides is 1. The van der Waals surface area contributed by atoms with E-state index in [1.54, 1.807) is 19.2 Å². The molecule has 0 bridgehead atoms. The fourth-order valence-corrected chi connectivity index (χ4v) is 3.43. The number of benzene rings is 1. The highest BCUT2D eigenvalue weighted by Crippen LogP contribution is 2.34. The van der Waals surface area contributed by atoms with Gasteiger partial charge in [0, 0.05) is 19.0 Å². The number of pyridine rings is 1. The number of carbonyl (C=O) groups excluding carboxylic acids is 1. The molecule has 1 saturated heterocycles. The molecule has 1 aromatic heterocycles. The Labute approximate surface area is 153 Å². The molecule has 1 N–H and O–H groups in total. The first-order chi connectivity index (χ1) is 12.6. The van der Waals surface area contributed by atoms with Gasteiger partial charge in [-0.05, 0) is 43.7 Å². The standard InChI is InChI=1S/C20H24FN3O2/c1-14(25)22-12-15-6-3-8-18(23-15)19-9-5-11-24(19)13-16-17(21)7-4-10-20(16)26-2/h3-4,6-8,10,19H,5,9,11-13H2,1-2H3,(H,22,25)/t19-/m0/s1. The summed E-state index contributed by atoms with van der Waals surface area (Å²) in [7, 11) is 1.56. The molecule has 6 heteroatoms. The third kappa shape index (κ3) is 4.19. The van der Waals surface area contributed by atoms with Gasteiger partial charge in [-0.25, -0.2) is 4.39 Å². The van der Waals surface area contributed by atoms with Crippen LogP contribution in [0.25, 0.3) is 0 Å². The summed E-state index contributed by atoms with van der Waals surface area (Å²) < 4.78 is 19.6. The average Bonchev–Trinajstić information content (AvgIpc) is 3.10. The van der Waals surface area contributed by atoms with Crippen LogP contribution >= 0.6 is 0 Å². The number of rotatable bonds is 6. The number of hydrogen-bond donors (Lipinski definition) is 1. The second-order valence-corrected chi connectivity index (χ2v) is 6.51. The summed E-state index contributed by atoms with van der Waals surface area (Å²) in [6.07, 6.45) is 2.02. The van der Waals surface area contributed by atoms with Gasteiger partial charge in [-0.1, -0.05) is 12.1 Å². The molecule has 0 aliphatic carbocycles. The van der Waals surface area contributed by atoms with E-state index < -0.39 is 0 Å². The monoisotopic (exact) mass is 357 g/mol. The molecule has 0 saturated carbocycles. The zero-order valence-corrected chi connectivity index (χ0v) is 15.2. The van der Waals surface area contributed by atoms with Crippen LogP contribution in [0.3, 0.4) is 0 Å². The maximum atomic E-state index is 14.3. The fraction of sp³-hybridized carbons (Fsp3) is 0.400. The van der Waals surface area contributed by atoms with Crippen LogP contribution in [0.4, 0.5) is 4.39 Å². The molecule has 26 heavy (non-hydrogen) atoms. The molecule has 1 aromatic carbocycles. The summed E-state index contributed by atoms with van der Waals surface area (Å²) in [6, 6.07) is 10.9. The summed E-state index contributed by atoms with van der Waals surface area (Å²) in [5.41, 5.74) is 2.37. The topological polar surface area (TPSA) is 54.5 Å². The van der Waals surface area contributed by atoms with Gasteiger partial charge in [-0.3, -0.25) is 14.7 Å². The third-order valence-corrected chi connectivity index (χ3v) is 4.71. The van der Waals surface area contributed by atoms with E-state index in [1.165, 1.54) is 13.0 Å². The minimum atomic E-state index is -0.248. The van der Waals surface area contributed by atoms with Gasteiger partial charge in [0.05, 0.1) is 31.1 Å². The minimum Gasteiger partial charge on any atom is -0.496 e. The highest BCUT2D eigenvalue weighted by molar-refractivity contribution is 5.72. The van der Waals surface area contributed by atoms with E-state index >= 15 is 0 Å². The Morgan fingerprint density at radius 2 is 2.15 bits per heavy atom. The van der Waals surface area contributed by atoms with Crippen LogP contribution in [0, 0.1) is 5.82 Å². The van der Waals surface area contributed by atoms with Crippen molar-refractivity contribution in [3.8, 4) is 5.75 Å². The van der Waals surface area contributed by atoms with Crippen molar-refractivity contribution in [2.24, 2.45) is 0 Å². The van der Waals surface area contributed by atoms with Crippen molar-refractivity contribution in [2.45, 2.75) is 38.9 Å². The summed E-state index contributed by atoms with van der Waals surface area (Å²) in [4.78, 5) is 18.1. The predicted molar refractivity (Wildman–Crippen MR) is 97.1 cm³/mol. The lowest BCUT2D eigenvalue weighted by Crippen LogP contribution is -2.25. The molecule has 3 rings (SSSR count). The highest BCUT2D eigenvalue weighted by atomic mass is 19.1. The van der Waals surface area contributed by atoms with E-state index in [4.69, 9.17) is 9.72 Å². The van der Waals surface area contributed by atoms with Crippen molar-refractivity contribution in [1.82, 2.24) is 15.2 Å². The first-order valence-electron chi connectivity index (χ1n) is 8.84. The van der Waals surface area contributed by atoms with Gasteiger partial charge in [0.2, 0.25) is 5.91 Å². The molecular formula is C20H24FN3O2. The Hall–Kier alpha value is -2.47. The Balaban J connectivity index is 1.79. The van der Waals surface area contributed by atoms with Crippen LogP contribution < -0.4 is 10.1 Å². The number of methoxy groups -OCH3 is 1. The summed E-state index contributed by atoms with van der Waals surface area (Å²) in [5, 5.41) is 2.77. The van der Waals surface area contributed by atoms with Crippen molar-refractivity contribution in [2.75, 3.05) is 13.7 Å². The number of aromatic nitrogens is 1. The van der Waals surface area contributed by atoms with E-state index in [-0.39, 0.29) is 17.8 Å². The first-order valence-corrected chi connectivity index (χ1v) is 8.84. The van der Waals surface area contributed by atoms with Gasteiger partial charge in [-0.15, -0.1) is 0 Å². The van der Waals surface area contributed by atoms with Crippen molar-refractivity contribution in [3.63, 3.8) is 0 Å². The number of nitrogens with one attached hydrogen (secondary N) is 1. The molecular weight excluding hydrogens is 333 g/mol. The van der Waals surface area contributed by atoms with Crippen molar-refractivity contribution in [1.29, 1.82) is 0 Å². The largest absolute Gasteiger partial charge is 0.496 e. The van der Waals surface area contributed by atoms with E-state index in [1.807, 2.05) is 18.2 Å². The van der Waals surface area contributed by atoms with Crippen LogP contribution in [0.5, 0.6) is 5.75 Å². The molecule has 0 radical (unpaired) electrons. The van der Waals surface area contributed by atoms with Crippen LogP contribution in [0.2, 0.25) is 0 Å². The van der Waals surface area contributed by atoms with Gasteiger partial charge in [0.15, 0.2) is 0 Å². The van der Waals surface area contributed by atoms with Gasteiger partial charge < -0.3 is 10.1 Å². The number of carbonyl (C=O) groups is 1. The molecule has 138 valence electrons. The van der Waals surface area contributed by atoms with Crippen molar-refractivity contribution in [3.05, 3.63) is 59.2 Å². The van der Waals surface area contributed by atoms with Gasteiger partial charge in [-0.2, -0.15) is 0 Å². The Bertz CT molecular complexity index is 781. The van der Waals surface area contributed by atoms with E-state index in [0.29, 0.717) is 24.4 Å². The van der Waals surface area contributed by atoms with Gasteiger partial charge in [0.25, 0.3) is 0 Å². The molecule has 2 heterocycles. The second-order valence-electron chi connectivity index (χ2n) is 6.51. The molecule has 1 aliphatic heterocycles. The average molecular weight is 357 g/mol. The zero-order chi connectivity index (χ0) is 18.5. The van der Waals surface area contributed by atoms with Crippen LogP contribution in [0.1, 0.15) is 42.8 Å². The highest BCUT2D eigenvalue weighted by Gasteiger charge is 2.28. The Kier molecular flexibility index (Phi) is 5.83. The fourth-order valence-electron chi connectivity index (χ4n) is 3.43. The smallest absolute Gasteiger partial charge is 0.217 e. The molecule has 0 spiro atoms. The number of nitrogens with zero attached hydrogens (tertiary/aromatic N) is 2. The molecule has 1 aliphatic rings. The first kappa shape index (κ1) is 18.3. The number of halogens is 1. The second kappa shape index (κ2) is 8.27. The molecule has 5 nitrogen and oxygen atoms in total. The predicted octanol–water partition coefficient (Wildman–Crippen LogP) is 3.20. The zero-order valence-electron chi connectivity index (χ0n) is 15.2. The molecule has 1 atom stereocenters. The molecule has 1 amide bonds. The number of ether oxygens (including phenoxy) is 1. The summed E-state index contributed by atoms with van der Waals surface area (Å²) in [5.74, 6) is 0.247. The summed E-state index contributed by atoms with van der Waals surface area (Å²) >= 11 is 0. The van der Waals surface area contributed by atoms with Crippen LogP contribution in [0.15, 0.2) is 36.4 Å². The lowest BCUT2D eigenvalue weighted by molar-refractivity contribution is -0.119. The van der Waals surface area contributed by atoms with E-state index in [9.17, 15) is 9.18 Å². The Morgan fingerprint density at radius 1 is 1.35 bits per heavy atom. The Morgan fingerprint density at radius 3 is 2.92 bits per heavy atom. The number of likely N-dealkylation sites (tertiary alicyclic amines) is 1. The lowest BCUT2D eigenvalue weighted by Gasteiger charge is -2.25. The van der Waals surface area contributed by atoms with Gasteiger partial charge >= 0.3 is 0 Å². The van der Waals surface area contributed by atoms with Crippen molar-refractivity contribution < 1.29 is 13.9 Å². The lowest BCUT2D eigenvalue weighted by atomic mass is 10.1. The summed E-state index contributed by atoms with van der Waals surface area (Å²) in [6.45, 7) is 3.28. The van der Waals surface area contributed by atoms with Crippen LogP contribution in [-0.4, -0.2) is 29.4 Å². The SMILES string of the molecule is COc1cccc(F)c1CN1CCC[C@H]1c1cccc(CNC(C)=O)n1. The normalized spacial score (nSPS) is 17.3. The van der Waals surface area contributed by atoms with E-state index in [0.717, 1.165) is 30.8 Å². The van der Waals surface area contributed by atoms with Crippen molar-refractivity contribution >= 4 is 5.91 Å². The molecule has 0 unspecified atom stereocenters. The molecule has 1 fully saturated rings. The maximum absolute atomic E-state index is 14.3. The minimum absolute atomic E-state index is 0.0775. The maximum Gasteiger partial charge on any atom is 0.217 e. The van der Waals surface area contributed by atoms with Crippen LogP contribution in [-0.2, 0) is 17.9 Å².